The summed E-state index contributed by atoms with van der Waals surface area (Å²) in [5.74, 6) is 8.91. The number of nitrogens with two attached hydrogens (primary N) is 1. The molecule has 0 saturated carbocycles. The molecule has 1 aromatic rings. The number of para-hydroxylation sites is 1. The highest BCUT2D eigenvalue weighted by atomic mass is 16.5. The van der Waals surface area contributed by atoms with Crippen LogP contribution in [0.3, 0.4) is 0 Å². The lowest BCUT2D eigenvalue weighted by Crippen LogP contribution is -2.39. The Kier molecular flexibility index (Phi) is 6.09. The number of hydrazine groups is 1. The van der Waals surface area contributed by atoms with Crippen LogP contribution in [0.5, 0.6) is 5.75 Å². The molecule has 1 rings (SSSR count). The highest BCUT2D eigenvalue weighted by molar-refractivity contribution is 5.20. The molecule has 0 saturated heterocycles. The van der Waals surface area contributed by atoms with Gasteiger partial charge in [-0.2, -0.15) is 0 Å². The molecule has 1 aromatic carbocycles. The minimum Gasteiger partial charge on any atom is -0.492 e. The third kappa shape index (κ3) is 4.83. The number of ether oxygens (including phenoxy) is 1. The van der Waals surface area contributed by atoms with Crippen molar-refractivity contribution in [2.45, 2.75) is 25.3 Å². The summed E-state index contributed by atoms with van der Waals surface area (Å²) in [6.07, 6.45) is 7.86. The third-order valence-corrected chi connectivity index (χ3v) is 2.30. The number of hydrogen-bond donors (Lipinski definition) is 2. The van der Waals surface area contributed by atoms with E-state index < -0.39 is 0 Å². The van der Waals surface area contributed by atoms with Crippen LogP contribution in [-0.2, 0) is 0 Å². The first-order chi connectivity index (χ1) is 7.86. The van der Waals surface area contributed by atoms with E-state index in [-0.39, 0.29) is 6.04 Å². The van der Waals surface area contributed by atoms with Gasteiger partial charge in [-0.3, -0.25) is 11.3 Å². The molecule has 0 spiro atoms. The molecule has 0 bridgehead atoms. The Labute approximate surface area is 97.0 Å². The molecule has 3 nitrogen and oxygen atoms in total. The Balaban J connectivity index is 2.26. The molecule has 1 unspecified atom stereocenters. The van der Waals surface area contributed by atoms with Gasteiger partial charge < -0.3 is 4.74 Å². The molecule has 1 atom stereocenters. The van der Waals surface area contributed by atoms with E-state index in [9.17, 15) is 0 Å². The fourth-order valence-electron chi connectivity index (χ4n) is 1.38. The number of terminal acetylenes is 1. The van der Waals surface area contributed by atoms with Gasteiger partial charge in [-0.1, -0.05) is 18.2 Å². The van der Waals surface area contributed by atoms with Crippen molar-refractivity contribution in [2.24, 2.45) is 5.84 Å². The summed E-state index contributed by atoms with van der Waals surface area (Å²) in [6, 6.07) is 9.84. The third-order valence-electron chi connectivity index (χ3n) is 2.30. The molecule has 0 aliphatic rings. The molecule has 0 aliphatic heterocycles. The van der Waals surface area contributed by atoms with Gasteiger partial charge in [0.2, 0.25) is 0 Å². The van der Waals surface area contributed by atoms with Crippen molar-refractivity contribution < 1.29 is 4.74 Å². The van der Waals surface area contributed by atoms with Crippen molar-refractivity contribution in [3.63, 3.8) is 0 Å². The maximum Gasteiger partial charge on any atom is 0.119 e. The van der Waals surface area contributed by atoms with E-state index in [0.29, 0.717) is 6.61 Å². The molecular weight excluding hydrogens is 200 g/mol. The van der Waals surface area contributed by atoms with Crippen molar-refractivity contribution in [2.75, 3.05) is 6.61 Å². The smallest absolute Gasteiger partial charge is 0.119 e. The Morgan fingerprint density at radius 1 is 1.38 bits per heavy atom. The van der Waals surface area contributed by atoms with E-state index in [1.807, 2.05) is 30.3 Å². The summed E-state index contributed by atoms with van der Waals surface area (Å²) in [5.41, 5.74) is 2.74. The highest BCUT2D eigenvalue weighted by Crippen LogP contribution is 2.09. The van der Waals surface area contributed by atoms with Crippen molar-refractivity contribution in [3.8, 4) is 18.1 Å². The first kappa shape index (κ1) is 12.6. The first-order valence-corrected chi connectivity index (χ1v) is 5.44. The maximum atomic E-state index is 5.60. The number of hydrogen-bond acceptors (Lipinski definition) is 3. The fourth-order valence-corrected chi connectivity index (χ4v) is 1.38. The van der Waals surface area contributed by atoms with Gasteiger partial charge in [0.25, 0.3) is 0 Å². The van der Waals surface area contributed by atoms with Crippen LogP contribution in [0.25, 0.3) is 0 Å². The number of benzene rings is 1. The molecule has 0 aromatic heterocycles. The fraction of sp³-hybridized carbons (Fsp3) is 0.385. The van der Waals surface area contributed by atoms with E-state index in [2.05, 4.69) is 11.3 Å². The molecule has 0 aliphatic carbocycles. The summed E-state index contributed by atoms with van der Waals surface area (Å²) in [4.78, 5) is 0. The van der Waals surface area contributed by atoms with Crippen LogP contribution in [0.15, 0.2) is 30.3 Å². The van der Waals surface area contributed by atoms with Crippen LogP contribution in [0.2, 0.25) is 0 Å². The molecule has 0 fully saturated rings. The second-order valence-corrected chi connectivity index (χ2v) is 3.58. The van der Waals surface area contributed by atoms with Crippen LogP contribution in [0.4, 0.5) is 0 Å². The van der Waals surface area contributed by atoms with Crippen molar-refractivity contribution >= 4 is 0 Å². The van der Waals surface area contributed by atoms with Crippen LogP contribution in [0.1, 0.15) is 19.3 Å². The summed E-state index contributed by atoms with van der Waals surface area (Å²) in [5, 5.41) is 0. The topological polar surface area (TPSA) is 47.3 Å². The molecule has 0 radical (unpaired) electrons. The predicted molar refractivity (Wildman–Crippen MR) is 65.7 cm³/mol. The molecule has 0 heterocycles. The zero-order valence-corrected chi connectivity index (χ0v) is 9.36. The van der Waals surface area contributed by atoms with Crippen LogP contribution < -0.4 is 16.0 Å². The van der Waals surface area contributed by atoms with Crippen molar-refractivity contribution in [3.05, 3.63) is 30.3 Å². The van der Waals surface area contributed by atoms with Crippen molar-refractivity contribution in [1.82, 2.24) is 5.43 Å². The van der Waals surface area contributed by atoms with E-state index in [1.165, 1.54) is 0 Å². The van der Waals surface area contributed by atoms with Gasteiger partial charge >= 0.3 is 0 Å². The number of nitrogens with one attached hydrogen (secondary N) is 1. The van der Waals surface area contributed by atoms with Crippen LogP contribution in [-0.4, -0.2) is 12.6 Å². The van der Waals surface area contributed by atoms with Gasteiger partial charge in [-0.15, -0.1) is 12.3 Å². The first-order valence-electron chi connectivity index (χ1n) is 5.44. The Morgan fingerprint density at radius 2 is 2.12 bits per heavy atom. The van der Waals surface area contributed by atoms with Gasteiger partial charge in [-0.25, -0.2) is 0 Å². The highest BCUT2D eigenvalue weighted by Gasteiger charge is 2.06. The monoisotopic (exact) mass is 218 g/mol. The number of unbranched alkanes of at least 4 members (excludes halogenated alkanes) is 1. The lowest BCUT2D eigenvalue weighted by Gasteiger charge is -2.16. The molecule has 0 amide bonds. The summed E-state index contributed by atoms with van der Waals surface area (Å²) >= 11 is 0. The van der Waals surface area contributed by atoms with Gasteiger partial charge in [0.1, 0.15) is 12.4 Å². The van der Waals surface area contributed by atoms with E-state index in [4.69, 9.17) is 17.0 Å². The van der Waals surface area contributed by atoms with E-state index >= 15 is 0 Å². The minimum atomic E-state index is 0.147. The largest absolute Gasteiger partial charge is 0.492 e. The molecule has 16 heavy (non-hydrogen) atoms. The lowest BCUT2D eigenvalue weighted by atomic mass is 10.1. The van der Waals surface area contributed by atoms with Gasteiger partial charge in [0, 0.05) is 6.42 Å². The second-order valence-electron chi connectivity index (χ2n) is 3.58. The van der Waals surface area contributed by atoms with Crippen LogP contribution >= 0.6 is 0 Å². The molecule has 3 N–H and O–H groups in total. The van der Waals surface area contributed by atoms with E-state index in [1.54, 1.807) is 0 Å². The summed E-state index contributed by atoms with van der Waals surface area (Å²) in [7, 11) is 0. The quantitative estimate of drug-likeness (QED) is 0.317. The molecule has 3 heteroatoms. The zero-order chi connectivity index (χ0) is 11.6. The average molecular weight is 218 g/mol. The number of rotatable bonds is 7. The van der Waals surface area contributed by atoms with Gasteiger partial charge in [0.15, 0.2) is 0 Å². The Morgan fingerprint density at radius 3 is 2.75 bits per heavy atom. The minimum absolute atomic E-state index is 0.147. The second kappa shape index (κ2) is 7.75. The average Bonchev–Trinajstić information content (AvgIpc) is 2.35. The van der Waals surface area contributed by atoms with E-state index in [0.717, 1.165) is 25.0 Å². The molecular formula is C13H18N2O. The SMILES string of the molecule is C#CCCCC(COc1ccccc1)NN. The van der Waals surface area contributed by atoms with Gasteiger partial charge in [-0.05, 0) is 25.0 Å². The van der Waals surface area contributed by atoms with Crippen LogP contribution in [0, 0.1) is 12.3 Å². The Hall–Kier alpha value is -1.50. The molecule has 86 valence electrons. The standard InChI is InChI=1S/C13H18N2O/c1-2-3-5-8-12(15-14)11-16-13-9-6-4-7-10-13/h1,4,6-7,9-10,12,15H,3,5,8,11,14H2. The summed E-state index contributed by atoms with van der Waals surface area (Å²) in [6.45, 7) is 0.561. The summed E-state index contributed by atoms with van der Waals surface area (Å²) < 4.78 is 5.60. The maximum absolute atomic E-state index is 5.60. The predicted octanol–water partition coefficient (Wildman–Crippen LogP) is 1.70. The Bertz CT molecular complexity index is 318. The zero-order valence-electron chi connectivity index (χ0n) is 9.36. The normalized spacial score (nSPS) is 11.8. The lowest BCUT2D eigenvalue weighted by molar-refractivity contribution is 0.256. The van der Waals surface area contributed by atoms with Crippen molar-refractivity contribution in [1.29, 1.82) is 0 Å². The van der Waals surface area contributed by atoms with Gasteiger partial charge in [0.05, 0.1) is 6.04 Å².